The van der Waals surface area contributed by atoms with Crippen LogP contribution in [-0.4, -0.2) is 79.0 Å². The van der Waals surface area contributed by atoms with E-state index in [4.69, 9.17) is 0 Å². The largest absolute Gasteiger partial charge is 0.416 e. The number of nitrogens with zero attached hydrogens (tertiary/aromatic N) is 4. The first kappa shape index (κ1) is 23.2. The zero-order valence-electron chi connectivity index (χ0n) is 18.2. The summed E-state index contributed by atoms with van der Waals surface area (Å²) in [4.78, 5) is 32.7. The average molecular weight is 441 g/mol. The van der Waals surface area contributed by atoms with Gasteiger partial charge in [0.05, 0.1) is 5.56 Å². The highest BCUT2D eigenvalue weighted by atomic mass is 19.4. The van der Waals surface area contributed by atoms with Gasteiger partial charge in [0, 0.05) is 64.0 Å². The summed E-state index contributed by atoms with van der Waals surface area (Å²) in [5, 5.41) is 0. The molecule has 0 unspecified atom stereocenters. The molecule has 0 bridgehead atoms. The van der Waals surface area contributed by atoms with Gasteiger partial charge in [-0.25, -0.2) is 4.79 Å². The van der Waals surface area contributed by atoms with E-state index in [1.54, 1.807) is 11.0 Å². The predicted molar refractivity (Wildman–Crippen MR) is 113 cm³/mol. The standard InChI is InChI=1S/C22H31F3N4O2/c1-3-26(4-2)21(31)29-10-8-17(9-11-29)20(30)28-14-12-27(13-15-28)19-7-5-6-18(16-19)22(23,24)25/h5-7,16-17H,3-4,8-15H2,1-2H3. The van der Waals surface area contributed by atoms with Gasteiger partial charge in [0.2, 0.25) is 5.91 Å². The Morgan fingerprint density at radius 2 is 1.58 bits per heavy atom. The normalized spacial score (nSPS) is 18.3. The molecule has 0 spiro atoms. The van der Waals surface area contributed by atoms with Crippen LogP contribution in [0, 0.1) is 5.92 Å². The molecule has 0 aromatic heterocycles. The zero-order valence-corrected chi connectivity index (χ0v) is 18.2. The summed E-state index contributed by atoms with van der Waals surface area (Å²) >= 11 is 0. The molecule has 2 aliphatic heterocycles. The molecule has 0 radical (unpaired) electrons. The summed E-state index contributed by atoms with van der Waals surface area (Å²) in [6.07, 6.45) is -3.06. The van der Waals surface area contributed by atoms with Gasteiger partial charge in [0.1, 0.15) is 0 Å². The number of amides is 3. The minimum atomic E-state index is -4.37. The van der Waals surface area contributed by atoms with Crippen LogP contribution in [0.2, 0.25) is 0 Å². The number of carbonyl (C=O) groups excluding carboxylic acids is 2. The van der Waals surface area contributed by atoms with Crippen molar-refractivity contribution in [1.29, 1.82) is 0 Å². The molecule has 2 aliphatic rings. The Bertz CT molecular complexity index is 766. The van der Waals surface area contributed by atoms with Crippen LogP contribution in [0.4, 0.5) is 23.7 Å². The lowest BCUT2D eigenvalue weighted by atomic mass is 9.95. The first-order chi connectivity index (χ1) is 14.7. The molecule has 3 rings (SSSR count). The fourth-order valence-electron chi connectivity index (χ4n) is 4.33. The van der Waals surface area contributed by atoms with Crippen molar-refractivity contribution in [2.24, 2.45) is 5.92 Å². The molecule has 3 amide bonds. The van der Waals surface area contributed by atoms with Crippen molar-refractivity contribution < 1.29 is 22.8 Å². The lowest BCUT2D eigenvalue weighted by Gasteiger charge is -2.40. The first-order valence-corrected chi connectivity index (χ1v) is 11.0. The molecule has 0 N–H and O–H groups in total. The lowest BCUT2D eigenvalue weighted by Crippen LogP contribution is -2.53. The second-order valence-electron chi connectivity index (χ2n) is 8.08. The molecule has 6 nitrogen and oxygen atoms in total. The number of rotatable bonds is 4. The third-order valence-electron chi connectivity index (χ3n) is 6.28. The third-order valence-corrected chi connectivity index (χ3v) is 6.28. The van der Waals surface area contributed by atoms with E-state index in [0.29, 0.717) is 70.9 Å². The third kappa shape index (κ3) is 5.43. The molecule has 2 fully saturated rings. The van der Waals surface area contributed by atoms with Gasteiger partial charge < -0.3 is 19.6 Å². The van der Waals surface area contributed by atoms with E-state index in [1.807, 2.05) is 28.5 Å². The van der Waals surface area contributed by atoms with Crippen molar-refractivity contribution in [3.63, 3.8) is 0 Å². The number of anilines is 1. The molecule has 0 atom stereocenters. The van der Waals surface area contributed by atoms with E-state index >= 15 is 0 Å². The Hall–Kier alpha value is -2.45. The maximum atomic E-state index is 13.0. The van der Waals surface area contributed by atoms with Crippen LogP contribution in [0.15, 0.2) is 24.3 Å². The summed E-state index contributed by atoms with van der Waals surface area (Å²) in [5.74, 6) is -0.000472. The molecule has 31 heavy (non-hydrogen) atoms. The number of piperazine rings is 1. The zero-order chi connectivity index (χ0) is 22.6. The molecule has 1 aromatic rings. The molecule has 0 aliphatic carbocycles. The maximum Gasteiger partial charge on any atom is 0.416 e. The Morgan fingerprint density at radius 3 is 2.13 bits per heavy atom. The minimum absolute atomic E-state index is 0.0330. The van der Waals surface area contributed by atoms with Crippen molar-refractivity contribution in [1.82, 2.24) is 14.7 Å². The van der Waals surface area contributed by atoms with Gasteiger partial charge in [0.15, 0.2) is 0 Å². The summed E-state index contributed by atoms with van der Waals surface area (Å²) < 4.78 is 38.9. The van der Waals surface area contributed by atoms with Crippen molar-refractivity contribution in [3.05, 3.63) is 29.8 Å². The number of halogens is 3. The van der Waals surface area contributed by atoms with Crippen LogP contribution >= 0.6 is 0 Å². The quantitative estimate of drug-likeness (QED) is 0.720. The lowest BCUT2D eigenvalue weighted by molar-refractivity contribution is -0.138. The van der Waals surface area contributed by atoms with Crippen molar-refractivity contribution >= 4 is 17.6 Å². The van der Waals surface area contributed by atoms with Gasteiger partial charge in [-0.2, -0.15) is 13.2 Å². The number of urea groups is 1. The Labute approximate surface area is 181 Å². The highest BCUT2D eigenvalue weighted by molar-refractivity contribution is 5.80. The van der Waals surface area contributed by atoms with Crippen LogP contribution in [-0.2, 0) is 11.0 Å². The summed E-state index contributed by atoms with van der Waals surface area (Å²) in [6, 6.07) is 5.37. The van der Waals surface area contributed by atoms with Gasteiger partial charge in [-0.15, -0.1) is 0 Å². The average Bonchev–Trinajstić information content (AvgIpc) is 2.79. The topological polar surface area (TPSA) is 47.1 Å². The fraction of sp³-hybridized carbons (Fsp3) is 0.636. The van der Waals surface area contributed by atoms with E-state index in [9.17, 15) is 22.8 Å². The van der Waals surface area contributed by atoms with Crippen LogP contribution < -0.4 is 4.90 Å². The van der Waals surface area contributed by atoms with Gasteiger partial charge in [-0.05, 0) is 44.9 Å². The SMILES string of the molecule is CCN(CC)C(=O)N1CCC(C(=O)N2CCN(c3cccc(C(F)(F)F)c3)CC2)CC1. The molecular weight excluding hydrogens is 409 g/mol. The molecule has 2 heterocycles. The van der Waals surface area contributed by atoms with Crippen LogP contribution in [0.3, 0.4) is 0 Å². The molecule has 2 saturated heterocycles. The molecule has 1 aromatic carbocycles. The Morgan fingerprint density at radius 1 is 0.968 bits per heavy atom. The van der Waals surface area contributed by atoms with Crippen molar-refractivity contribution in [3.8, 4) is 0 Å². The number of carbonyl (C=O) groups is 2. The van der Waals surface area contributed by atoms with E-state index < -0.39 is 11.7 Å². The highest BCUT2D eigenvalue weighted by Gasteiger charge is 2.34. The van der Waals surface area contributed by atoms with Gasteiger partial charge in [-0.1, -0.05) is 6.07 Å². The van der Waals surface area contributed by atoms with E-state index in [-0.39, 0.29) is 17.9 Å². The Kier molecular flexibility index (Phi) is 7.33. The van der Waals surface area contributed by atoms with Crippen LogP contribution in [0.25, 0.3) is 0 Å². The number of likely N-dealkylation sites (tertiary alicyclic amines) is 1. The maximum absolute atomic E-state index is 13.0. The van der Waals surface area contributed by atoms with Gasteiger partial charge in [-0.3, -0.25) is 4.79 Å². The number of hydrogen-bond acceptors (Lipinski definition) is 3. The molecular formula is C22H31F3N4O2. The van der Waals surface area contributed by atoms with Crippen LogP contribution in [0.5, 0.6) is 0 Å². The number of alkyl halides is 3. The molecule has 172 valence electrons. The summed E-state index contributed by atoms with van der Waals surface area (Å²) in [5.41, 5.74) is -0.125. The fourth-order valence-corrected chi connectivity index (χ4v) is 4.33. The molecule has 0 saturated carbocycles. The number of hydrogen-bond donors (Lipinski definition) is 0. The van der Waals surface area contributed by atoms with Crippen molar-refractivity contribution in [2.75, 3.05) is 57.3 Å². The summed E-state index contributed by atoms with van der Waals surface area (Å²) in [6.45, 7) is 8.41. The second kappa shape index (κ2) is 9.78. The van der Waals surface area contributed by atoms with E-state index in [2.05, 4.69) is 0 Å². The van der Waals surface area contributed by atoms with Gasteiger partial charge >= 0.3 is 12.2 Å². The number of benzene rings is 1. The Balaban J connectivity index is 1.51. The van der Waals surface area contributed by atoms with E-state index in [0.717, 1.165) is 6.07 Å². The summed E-state index contributed by atoms with van der Waals surface area (Å²) in [7, 11) is 0. The second-order valence-corrected chi connectivity index (χ2v) is 8.08. The molecule has 9 heteroatoms. The smallest absolute Gasteiger partial charge is 0.368 e. The van der Waals surface area contributed by atoms with E-state index in [1.165, 1.54) is 12.1 Å². The minimum Gasteiger partial charge on any atom is -0.368 e. The predicted octanol–water partition coefficient (Wildman–Crippen LogP) is 3.53. The van der Waals surface area contributed by atoms with Crippen LogP contribution in [0.1, 0.15) is 32.3 Å². The number of piperidine rings is 1. The monoisotopic (exact) mass is 440 g/mol. The van der Waals surface area contributed by atoms with Crippen molar-refractivity contribution in [2.45, 2.75) is 32.9 Å². The first-order valence-electron chi connectivity index (χ1n) is 11.0. The highest BCUT2D eigenvalue weighted by Crippen LogP contribution is 2.32. The van der Waals surface area contributed by atoms with Gasteiger partial charge in [0.25, 0.3) is 0 Å².